The van der Waals surface area contributed by atoms with Gasteiger partial charge in [0.2, 0.25) is 5.91 Å². The Labute approximate surface area is 172 Å². The molecule has 0 atom stereocenters. The molecule has 1 saturated heterocycles. The lowest BCUT2D eigenvalue weighted by atomic mass is 9.89. The number of ether oxygens (including phenoxy) is 2. The number of amides is 2. The number of hydrogen-bond donors (Lipinski definition) is 0. The van der Waals surface area contributed by atoms with E-state index in [1.165, 1.54) is 4.90 Å². The number of carbonyl (C=O) groups is 3. The molecule has 7 nitrogen and oxygen atoms in total. The van der Waals surface area contributed by atoms with Crippen molar-refractivity contribution in [3.63, 3.8) is 0 Å². The number of esters is 1. The molecule has 0 aliphatic carbocycles. The Balaban J connectivity index is 1.80. The van der Waals surface area contributed by atoms with Gasteiger partial charge in [-0.1, -0.05) is 30.3 Å². The highest BCUT2D eigenvalue weighted by atomic mass is 16.6. The Morgan fingerprint density at radius 2 is 1.69 bits per heavy atom. The first-order valence-electron chi connectivity index (χ1n) is 9.95. The van der Waals surface area contributed by atoms with Crippen molar-refractivity contribution in [3.05, 3.63) is 35.9 Å². The molecule has 0 spiro atoms. The molecule has 29 heavy (non-hydrogen) atoms. The zero-order chi connectivity index (χ0) is 21.7. The maximum absolute atomic E-state index is 12.5. The molecule has 0 radical (unpaired) electrons. The van der Waals surface area contributed by atoms with Gasteiger partial charge in [-0.05, 0) is 46.6 Å². The molecule has 1 fully saturated rings. The molecule has 1 heterocycles. The molecule has 160 valence electrons. The van der Waals surface area contributed by atoms with E-state index in [2.05, 4.69) is 0 Å². The second-order valence-electron chi connectivity index (χ2n) is 8.98. The van der Waals surface area contributed by atoms with E-state index < -0.39 is 17.1 Å². The van der Waals surface area contributed by atoms with Gasteiger partial charge in [0, 0.05) is 19.6 Å². The Morgan fingerprint density at radius 3 is 2.28 bits per heavy atom. The van der Waals surface area contributed by atoms with Gasteiger partial charge in [-0.3, -0.25) is 14.5 Å². The third kappa shape index (κ3) is 7.07. The van der Waals surface area contributed by atoms with Gasteiger partial charge in [-0.15, -0.1) is 0 Å². The van der Waals surface area contributed by atoms with Crippen LogP contribution in [0.5, 0.6) is 0 Å². The number of carbonyl (C=O) groups excluding carboxylic acids is 3. The van der Waals surface area contributed by atoms with Gasteiger partial charge >= 0.3 is 12.1 Å². The van der Waals surface area contributed by atoms with Crippen LogP contribution < -0.4 is 0 Å². The van der Waals surface area contributed by atoms with E-state index in [1.54, 1.807) is 25.7 Å². The van der Waals surface area contributed by atoms with Crippen molar-refractivity contribution in [2.75, 3.05) is 26.2 Å². The lowest BCUT2D eigenvalue weighted by Crippen LogP contribution is -2.53. The molecule has 1 aliphatic heterocycles. The summed E-state index contributed by atoms with van der Waals surface area (Å²) in [6.45, 7) is 10.5. The summed E-state index contributed by atoms with van der Waals surface area (Å²) in [7, 11) is 0. The van der Waals surface area contributed by atoms with Gasteiger partial charge < -0.3 is 14.4 Å². The fraction of sp³-hybridized carbons (Fsp3) is 0.591. The summed E-state index contributed by atoms with van der Waals surface area (Å²) < 4.78 is 10.8. The molecule has 2 rings (SSSR count). The van der Waals surface area contributed by atoms with Gasteiger partial charge in [-0.25, -0.2) is 4.79 Å². The van der Waals surface area contributed by atoms with Gasteiger partial charge in [0.1, 0.15) is 18.8 Å². The van der Waals surface area contributed by atoms with Crippen molar-refractivity contribution in [1.29, 1.82) is 0 Å². The normalized spacial score (nSPS) is 15.3. The predicted octanol–water partition coefficient (Wildman–Crippen LogP) is 3.23. The SMILES string of the molecule is CC(C)(C)OC(=O)N1CCN(CCC(C)(C)C(=O)OCc2ccccc2)C(=O)C1. The molecule has 7 heteroatoms. The molecule has 0 unspecified atom stereocenters. The van der Waals surface area contributed by atoms with Crippen LogP contribution in [0.3, 0.4) is 0 Å². The number of nitrogens with zero attached hydrogens (tertiary/aromatic N) is 2. The van der Waals surface area contributed by atoms with E-state index >= 15 is 0 Å². The highest BCUT2D eigenvalue weighted by Crippen LogP contribution is 2.24. The van der Waals surface area contributed by atoms with E-state index in [0.717, 1.165) is 5.56 Å². The molecule has 1 aromatic carbocycles. The lowest BCUT2D eigenvalue weighted by Gasteiger charge is -2.36. The second kappa shape index (κ2) is 9.29. The Bertz CT molecular complexity index is 724. The Kier molecular flexibility index (Phi) is 7.27. The molecule has 0 aromatic heterocycles. The molecule has 0 N–H and O–H groups in total. The van der Waals surface area contributed by atoms with Crippen LogP contribution in [-0.4, -0.2) is 59.5 Å². The highest BCUT2D eigenvalue weighted by Gasteiger charge is 2.34. The Morgan fingerprint density at radius 1 is 1.03 bits per heavy atom. The van der Waals surface area contributed by atoms with Crippen molar-refractivity contribution in [3.8, 4) is 0 Å². The smallest absolute Gasteiger partial charge is 0.410 e. The summed E-state index contributed by atoms with van der Waals surface area (Å²) >= 11 is 0. The minimum absolute atomic E-state index is 0.00616. The minimum atomic E-state index is -0.711. The van der Waals surface area contributed by atoms with Crippen molar-refractivity contribution >= 4 is 18.0 Å². The number of benzene rings is 1. The van der Waals surface area contributed by atoms with Crippen molar-refractivity contribution < 1.29 is 23.9 Å². The maximum Gasteiger partial charge on any atom is 0.410 e. The monoisotopic (exact) mass is 404 g/mol. The molecule has 0 saturated carbocycles. The van der Waals surface area contributed by atoms with Crippen molar-refractivity contribution in [2.24, 2.45) is 5.41 Å². The maximum atomic E-state index is 12.5. The molecule has 1 aliphatic rings. The van der Waals surface area contributed by atoms with Gasteiger partial charge in [-0.2, -0.15) is 0 Å². The van der Waals surface area contributed by atoms with E-state index in [9.17, 15) is 14.4 Å². The molecule has 0 bridgehead atoms. The number of piperazine rings is 1. The summed E-state index contributed by atoms with van der Waals surface area (Å²) in [6, 6.07) is 9.52. The summed E-state index contributed by atoms with van der Waals surface area (Å²) in [5, 5.41) is 0. The van der Waals surface area contributed by atoms with Crippen LogP contribution in [0, 0.1) is 5.41 Å². The van der Waals surface area contributed by atoms with Crippen LogP contribution in [0.2, 0.25) is 0 Å². The zero-order valence-corrected chi connectivity index (χ0v) is 18.1. The lowest BCUT2D eigenvalue weighted by molar-refractivity contribution is -0.156. The van der Waals surface area contributed by atoms with Crippen LogP contribution in [0.25, 0.3) is 0 Å². The fourth-order valence-electron chi connectivity index (χ4n) is 2.86. The van der Waals surface area contributed by atoms with E-state index in [-0.39, 0.29) is 25.0 Å². The first-order chi connectivity index (χ1) is 13.5. The second-order valence-corrected chi connectivity index (χ2v) is 8.98. The summed E-state index contributed by atoms with van der Waals surface area (Å²) in [6.07, 6.45) is 0.00837. The molecular formula is C22H32N2O5. The van der Waals surface area contributed by atoms with Gasteiger partial charge in [0.05, 0.1) is 5.41 Å². The molecular weight excluding hydrogens is 372 g/mol. The standard InChI is InChI=1S/C22H32N2O5/c1-21(2,3)29-20(27)24-14-13-23(18(25)15-24)12-11-22(4,5)19(26)28-16-17-9-7-6-8-10-17/h6-10H,11-16H2,1-5H3. The zero-order valence-electron chi connectivity index (χ0n) is 18.1. The van der Waals surface area contributed by atoms with Crippen molar-refractivity contribution in [1.82, 2.24) is 9.80 Å². The average Bonchev–Trinajstić information content (AvgIpc) is 2.64. The first-order valence-corrected chi connectivity index (χ1v) is 9.95. The number of rotatable bonds is 6. The van der Waals surface area contributed by atoms with Crippen LogP contribution >= 0.6 is 0 Å². The minimum Gasteiger partial charge on any atom is -0.460 e. The van der Waals surface area contributed by atoms with E-state index in [0.29, 0.717) is 26.1 Å². The molecule has 2 amide bonds. The van der Waals surface area contributed by atoms with E-state index in [1.807, 2.05) is 44.2 Å². The largest absolute Gasteiger partial charge is 0.460 e. The third-order valence-corrected chi connectivity index (χ3v) is 4.74. The average molecular weight is 405 g/mol. The topological polar surface area (TPSA) is 76.2 Å². The first kappa shape index (κ1) is 22.7. The Hall–Kier alpha value is -2.57. The number of hydrogen-bond acceptors (Lipinski definition) is 5. The van der Waals surface area contributed by atoms with Crippen LogP contribution in [-0.2, 0) is 25.7 Å². The van der Waals surface area contributed by atoms with Gasteiger partial charge in [0.25, 0.3) is 0 Å². The van der Waals surface area contributed by atoms with Crippen molar-refractivity contribution in [2.45, 2.75) is 53.2 Å². The van der Waals surface area contributed by atoms with Gasteiger partial charge in [0.15, 0.2) is 0 Å². The predicted molar refractivity (Wildman–Crippen MR) is 109 cm³/mol. The third-order valence-electron chi connectivity index (χ3n) is 4.74. The highest BCUT2D eigenvalue weighted by molar-refractivity contribution is 5.83. The van der Waals surface area contributed by atoms with E-state index in [4.69, 9.17) is 9.47 Å². The fourth-order valence-corrected chi connectivity index (χ4v) is 2.86. The quantitative estimate of drug-likeness (QED) is 0.681. The summed E-state index contributed by atoms with van der Waals surface area (Å²) in [5.41, 5.74) is -0.372. The molecule has 1 aromatic rings. The summed E-state index contributed by atoms with van der Waals surface area (Å²) in [5.74, 6) is -0.434. The van der Waals surface area contributed by atoms with Crippen LogP contribution in [0.4, 0.5) is 4.79 Å². The van der Waals surface area contributed by atoms with Crippen LogP contribution in [0.1, 0.15) is 46.6 Å². The summed E-state index contributed by atoms with van der Waals surface area (Å²) in [4.78, 5) is 40.1. The van der Waals surface area contributed by atoms with Crippen LogP contribution in [0.15, 0.2) is 30.3 Å².